The summed E-state index contributed by atoms with van der Waals surface area (Å²) in [5, 5.41) is 1.00. The van der Waals surface area contributed by atoms with Crippen molar-refractivity contribution in [2.75, 3.05) is 40.4 Å². The predicted octanol–water partition coefficient (Wildman–Crippen LogP) is 1.26. The van der Waals surface area contributed by atoms with Gasteiger partial charge in [0.2, 0.25) is 10.0 Å². The van der Waals surface area contributed by atoms with Crippen LogP contribution in [0.15, 0.2) is 29.3 Å². The van der Waals surface area contributed by atoms with Gasteiger partial charge in [-0.05, 0) is 23.8 Å². The third-order valence-corrected chi connectivity index (χ3v) is 6.13. The van der Waals surface area contributed by atoms with E-state index >= 15 is 0 Å². The standard InChI is InChI=1S/C16H23N3O3S/c1-17(2)23(20,21)14-4-5-16-15(10-14)13(11-18(16)3)12-19-6-8-22-9-7-19/h4-5,10-11H,6-9,12H2,1-3H3. The first-order chi connectivity index (χ1) is 10.9. The maximum atomic E-state index is 12.4. The van der Waals surface area contributed by atoms with Crippen molar-refractivity contribution in [1.29, 1.82) is 0 Å². The quantitative estimate of drug-likeness (QED) is 0.843. The summed E-state index contributed by atoms with van der Waals surface area (Å²) < 4.78 is 33.4. The second-order valence-electron chi connectivity index (χ2n) is 6.12. The van der Waals surface area contributed by atoms with Crippen molar-refractivity contribution >= 4 is 20.9 Å². The zero-order valence-corrected chi connectivity index (χ0v) is 14.6. The molecule has 0 N–H and O–H groups in total. The Morgan fingerprint density at radius 2 is 1.91 bits per heavy atom. The Morgan fingerprint density at radius 1 is 1.22 bits per heavy atom. The number of morpholine rings is 1. The number of hydrogen-bond acceptors (Lipinski definition) is 4. The van der Waals surface area contributed by atoms with Crippen LogP contribution in [-0.2, 0) is 28.4 Å². The van der Waals surface area contributed by atoms with Crippen LogP contribution < -0.4 is 0 Å². The Kier molecular flexibility index (Phi) is 4.46. The molecule has 0 saturated carbocycles. The maximum Gasteiger partial charge on any atom is 0.242 e. The van der Waals surface area contributed by atoms with Crippen LogP contribution in [0.5, 0.6) is 0 Å². The lowest BCUT2D eigenvalue weighted by Gasteiger charge is -2.26. The van der Waals surface area contributed by atoms with Gasteiger partial charge in [0.15, 0.2) is 0 Å². The number of aromatic nitrogens is 1. The summed E-state index contributed by atoms with van der Waals surface area (Å²) in [5.41, 5.74) is 2.20. The van der Waals surface area contributed by atoms with Crippen molar-refractivity contribution in [3.63, 3.8) is 0 Å². The summed E-state index contributed by atoms with van der Waals surface area (Å²) >= 11 is 0. The van der Waals surface area contributed by atoms with Crippen molar-refractivity contribution in [3.05, 3.63) is 30.0 Å². The normalized spacial score (nSPS) is 17.2. The van der Waals surface area contributed by atoms with E-state index in [1.54, 1.807) is 26.2 Å². The number of rotatable bonds is 4. The van der Waals surface area contributed by atoms with Crippen molar-refractivity contribution in [1.82, 2.24) is 13.8 Å². The van der Waals surface area contributed by atoms with Crippen molar-refractivity contribution in [2.24, 2.45) is 7.05 Å². The number of ether oxygens (including phenoxy) is 1. The third-order valence-electron chi connectivity index (χ3n) is 4.32. The molecule has 1 fully saturated rings. The second-order valence-corrected chi connectivity index (χ2v) is 8.27. The Labute approximate surface area is 137 Å². The van der Waals surface area contributed by atoms with Crippen LogP contribution in [0.1, 0.15) is 5.56 Å². The van der Waals surface area contributed by atoms with E-state index in [0.717, 1.165) is 49.3 Å². The fourth-order valence-electron chi connectivity index (χ4n) is 2.95. The second kappa shape index (κ2) is 6.24. The van der Waals surface area contributed by atoms with Gasteiger partial charge in [0, 0.05) is 57.9 Å². The maximum absolute atomic E-state index is 12.4. The van der Waals surface area contributed by atoms with E-state index in [-0.39, 0.29) is 0 Å². The zero-order valence-electron chi connectivity index (χ0n) is 13.8. The molecular formula is C16H23N3O3S. The minimum Gasteiger partial charge on any atom is -0.379 e. The highest BCUT2D eigenvalue weighted by atomic mass is 32.2. The number of benzene rings is 1. The van der Waals surface area contributed by atoms with Gasteiger partial charge in [0.25, 0.3) is 0 Å². The Balaban J connectivity index is 2.01. The van der Waals surface area contributed by atoms with E-state index < -0.39 is 10.0 Å². The number of sulfonamides is 1. The molecule has 3 rings (SSSR count). The summed E-state index contributed by atoms with van der Waals surface area (Å²) in [6, 6.07) is 5.35. The minimum absolute atomic E-state index is 0.337. The molecule has 0 bridgehead atoms. The predicted molar refractivity (Wildman–Crippen MR) is 89.9 cm³/mol. The first-order valence-electron chi connectivity index (χ1n) is 7.70. The van der Waals surface area contributed by atoms with E-state index in [4.69, 9.17) is 4.74 Å². The van der Waals surface area contributed by atoms with Gasteiger partial charge in [-0.3, -0.25) is 4.90 Å². The van der Waals surface area contributed by atoms with Crippen LogP contribution in [0.2, 0.25) is 0 Å². The molecule has 6 nitrogen and oxygen atoms in total. The lowest BCUT2D eigenvalue weighted by molar-refractivity contribution is 0.0343. The molecule has 126 valence electrons. The van der Waals surface area contributed by atoms with Gasteiger partial charge in [0.1, 0.15) is 0 Å². The highest BCUT2D eigenvalue weighted by molar-refractivity contribution is 7.89. The van der Waals surface area contributed by atoms with Crippen LogP contribution in [-0.4, -0.2) is 62.6 Å². The fourth-order valence-corrected chi connectivity index (χ4v) is 3.88. The van der Waals surface area contributed by atoms with Gasteiger partial charge in [-0.25, -0.2) is 12.7 Å². The number of aryl methyl sites for hydroxylation is 1. The summed E-state index contributed by atoms with van der Waals surface area (Å²) in [4.78, 5) is 2.68. The molecule has 1 aromatic heterocycles. The number of fused-ring (bicyclic) bond motifs is 1. The molecule has 0 amide bonds. The largest absolute Gasteiger partial charge is 0.379 e. The summed E-state index contributed by atoms with van der Waals surface area (Å²) in [5.74, 6) is 0. The lowest BCUT2D eigenvalue weighted by atomic mass is 10.1. The van der Waals surface area contributed by atoms with Crippen LogP contribution in [0.3, 0.4) is 0 Å². The summed E-state index contributed by atoms with van der Waals surface area (Å²) in [7, 11) is 1.68. The van der Waals surface area contributed by atoms with Crippen molar-refractivity contribution in [3.8, 4) is 0 Å². The molecule has 0 radical (unpaired) electrons. The average molecular weight is 337 g/mol. The van der Waals surface area contributed by atoms with Gasteiger partial charge in [-0.1, -0.05) is 0 Å². The van der Waals surface area contributed by atoms with Crippen molar-refractivity contribution < 1.29 is 13.2 Å². The van der Waals surface area contributed by atoms with Gasteiger partial charge in [-0.15, -0.1) is 0 Å². The zero-order chi connectivity index (χ0) is 16.6. The molecule has 0 spiro atoms. The summed E-state index contributed by atoms with van der Waals surface area (Å²) in [6.07, 6.45) is 2.09. The molecular weight excluding hydrogens is 314 g/mol. The SMILES string of the molecule is CN(C)S(=O)(=O)c1ccc2c(c1)c(CN1CCOCC1)cn2C. The van der Waals surface area contributed by atoms with Gasteiger partial charge < -0.3 is 9.30 Å². The van der Waals surface area contributed by atoms with Gasteiger partial charge in [0.05, 0.1) is 18.1 Å². The van der Waals surface area contributed by atoms with E-state index in [1.807, 2.05) is 13.1 Å². The first kappa shape index (κ1) is 16.4. The number of hydrogen-bond donors (Lipinski definition) is 0. The molecule has 2 aromatic rings. The highest BCUT2D eigenvalue weighted by Crippen LogP contribution is 2.26. The smallest absolute Gasteiger partial charge is 0.242 e. The van der Waals surface area contributed by atoms with E-state index in [0.29, 0.717) is 4.90 Å². The molecule has 1 aromatic carbocycles. The van der Waals surface area contributed by atoms with Crippen LogP contribution in [0.25, 0.3) is 10.9 Å². The van der Waals surface area contributed by atoms with E-state index in [1.165, 1.54) is 4.31 Å². The topological polar surface area (TPSA) is 54.8 Å². The summed E-state index contributed by atoms with van der Waals surface area (Å²) in [6.45, 7) is 4.14. The molecule has 0 atom stereocenters. The Bertz CT molecular complexity index is 805. The molecule has 23 heavy (non-hydrogen) atoms. The monoisotopic (exact) mass is 337 g/mol. The molecule has 1 aliphatic heterocycles. The van der Waals surface area contributed by atoms with E-state index in [2.05, 4.69) is 15.7 Å². The Morgan fingerprint density at radius 3 is 2.57 bits per heavy atom. The number of nitrogens with zero attached hydrogens (tertiary/aromatic N) is 3. The molecule has 0 aliphatic carbocycles. The van der Waals surface area contributed by atoms with E-state index in [9.17, 15) is 8.42 Å². The minimum atomic E-state index is -3.42. The molecule has 2 heterocycles. The van der Waals surface area contributed by atoms with Crippen LogP contribution in [0, 0.1) is 0 Å². The molecule has 1 aliphatic rings. The molecule has 0 unspecified atom stereocenters. The molecule has 1 saturated heterocycles. The first-order valence-corrected chi connectivity index (χ1v) is 9.14. The highest BCUT2D eigenvalue weighted by Gasteiger charge is 2.20. The lowest BCUT2D eigenvalue weighted by Crippen LogP contribution is -2.35. The molecule has 7 heteroatoms. The Hall–Kier alpha value is -1.41. The fraction of sp³-hybridized carbons (Fsp3) is 0.500. The third kappa shape index (κ3) is 3.14. The average Bonchev–Trinajstić information content (AvgIpc) is 2.84. The van der Waals surface area contributed by atoms with Crippen LogP contribution in [0.4, 0.5) is 0 Å². The van der Waals surface area contributed by atoms with Gasteiger partial charge >= 0.3 is 0 Å². The van der Waals surface area contributed by atoms with Crippen molar-refractivity contribution in [2.45, 2.75) is 11.4 Å². The van der Waals surface area contributed by atoms with Crippen LogP contribution >= 0.6 is 0 Å². The van der Waals surface area contributed by atoms with Gasteiger partial charge in [-0.2, -0.15) is 0 Å².